The maximum absolute atomic E-state index is 13.1. The normalized spacial score (nSPS) is 41.5. The summed E-state index contributed by atoms with van der Waals surface area (Å²) in [7, 11) is 0. The lowest BCUT2D eigenvalue weighted by Gasteiger charge is -2.59. The number of ketones is 2. The first-order valence-corrected chi connectivity index (χ1v) is 11.7. The Kier molecular flexibility index (Phi) is 5.90. The van der Waals surface area contributed by atoms with Gasteiger partial charge in [0.2, 0.25) is 5.78 Å². The van der Waals surface area contributed by atoms with Gasteiger partial charge in [0.1, 0.15) is 5.60 Å². The summed E-state index contributed by atoms with van der Waals surface area (Å²) in [5.41, 5.74) is -2.02. The number of carbonyl (C=O) groups is 4. The lowest BCUT2D eigenvalue weighted by Crippen LogP contribution is -2.61. The molecule has 7 atom stereocenters. The van der Waals surface area contributed by atoms with Gasteiger partial charge in [-0.25, -0.2) is 0 Å². The highest BCUT2D eigenvalue weighted by molar-refractivity contribution is 6.01. The highest BCUT2D eigenvalue weighted by atomic mass is 16.5. The number of rotatable bonds is 6. The number of ether oxygens (including phenoxy) is 1. The molecule has 0 radical (unpaired) electrons. The molecule has 0 saturated heterocycles. The topological polar surface area (TPSA) is 141 Å². The zero-order chi connectivity index (χ0) is 24.2. The molecule has 3 saturated carbocycles. The molecule has 0 heterocycles. The smallest absolute Gasteiger partial charge is 0.306 e. The Balaban J connectivity index is 1.53. The molecule has 8 heteroatoms. The van der Waals surface area contributed by atoms with Gasteiger partial charge < -0.3 is 24.9 Å². The van der Waals surface area contributed by atoms with Crippen LogP contribution in [0.3, 0.4) is 0 Å². The number of carboxylic acids is 1. The maximum Gasteiger partial charge on any atom is 0.306 e. The predicted molar refractivity (Wildman–Crippen MR) is 113 cm³/mol. The molecule has 4 rings (SSSR count). The van der Waals surface area contributed by atoms with Crippen LogP contribution in [-0.4, -0.2) is 52.0 Å². The van der Waals surface area contributed by atoms with Crippen molar-refractivity contribution in [3.63, 3.8) is 0 Å². The van der Waals surface area contributed by atoms with E-state index in [-0.39, 0.29) is 36.4 Å². The minimum atomic E-state index is -1.74. The van der Waals surface area contributed by atoms with E-state index >= 15 is 0 Å². The van der Waals surface area contributed by atoms with E-state index in [0.717, 1.165) is 18.4 Å². The molecular weight excluding hydrogens is 428 g/mol. The number of aliphatic carboxylic acids is 1. The number of allylic oxidation sites excluding steroid dienone is 4. The third-order valence-electron chi connectivity index (χ3n) is 9.01. The summed E-state index contributed by atoms with van der Waals surface area (Å²) in [6.07, 6.45) is 6.04. The molecule has 180 valence electrons. The molecule has 0 aromatic carbocycles. The van der Waals surface area contributed by atoms with E-state index in [2.05, 4.69) is 6.92 Å². The number of fused-ring (bicyclic) bond motifs is 5. The van der Waals surface area contributed by atoms with Crippen LogP contribution in [0.4, 0.5) is 0 Å². The molecule has 0 spiro atoms. The van der Waals surface area contributed by atoms with Crippen LogP contribution in [0.5, 0.6) is 0 Å². The van der Waals surface area contributed by atoms with E-state index in [4.69, 9.17) is 4.74 Å². The molecule has 0 bridgehead atoms. The fraction of sp³-hybridized carbons (Fsp3) is 0.680. The van der Waals surface area contributed by atoms with Crippen molar-refractivity contribution in [2.45, 2.75) is 70.5 Å². The average molecular weight is 460 g/mol. The third-order valence-corrected chi connectivity index (χ3v) is 9.01. The second kappa shape index (κ2) is 8.17. The second-order valence-electron chi connectivity index (χ2n) is 10.6. The van der Waals surface area contributed by atoms with Crippen molar-refractivity contribution in [1.29, 1.82) is 0 Å². The summed E-state index contributed by atoms with van der Waals surface area (Å²) in [5.74, 6) is -2.91. The standard InChI is InChI=1S/C25H32O8/c1-23-9-7-15(26)11-14(23)3-4-16-17-8-10-25(32,24(17,2)12-18(27)22(16)23)19(28)13-33-21(31)6-5-20(29)30/h7,9,11,16-18,22,27,32H,3-6,8,10,12-13H2,1-2H3,(H,29,30)/p-1/t16-,17+,18-,22+,23-,24-,25-/m0/s1. The molecule has 8 nitrogen and oxygen atoms in total. The maximum atomic E-state index is 13.1. The van der Waals surface area contributed by atoms with Gasteiger partial charge in [-0.2, -0.15) is 0 Å². The van der Waals surface area contributed by atoms with Crippen molar-refractivity contribution in [2.75, 3.05) is 6.61 Å². The van der Waals surface area contributed by atoms with Crippen LogP contribution < -0.4 is 5.11 Å². The molecule has 0 aromatic heterocycles. The lowest BCUT2D eigenvalue weighted by atomic mass is 9.46. The number of hydrogen-bond acceptors (Lipinski definition) is 8. The quantitative estimate of drug-likeness (QED) is 0.551. The van der Waals surface area contributed by atoms with E-state index in [9.17, 15) is 34.5 Å². The van der Waals surface area contributed by atoms with Gasteiger partial charge in [0.15, 0.2) is 12.4 Å². The van der Waals surface area contributed by atoms with Crippen LogP contribution in [0.2, 0.25) is 0 Å². The van der Waals surface area contributed by atoms with Crippen LogP contribution in [-0.2, 0) is 23.9 Å². The van der Waals surface area contributed by atoms with Crippen molar-refractivity contribution in [3.8, 4) is 0 Å². The number of esters is 1. The van der Waals surface area contributed by atoms with Crippen molar-refractivity contribution >= 4 is 23.5 Å². The second-order valence-corrected chi connectivity index (χ2v) is 10.6. The van der Waals surface area contributed by atoms with Gasteiger partial charge in [-0.15, -0.1) is 0 Å². The fourth-order valence-corrected chi connectivity index (χ4v) is 7.33. The largest absolute Gasteiger partial charge is 0.550 e. The van der Waals surface area contributed by atoms with Crippen LogP contribution >= 0.6 is 0 Å². The monoisotopic (exact) mass is 459 g/mol. The fourth-order valence-electron chi connectivity index (χ4n) is 7.33. The molecule has 33 heavy (non-hydrogen) atoms. The Bertz CT molecular complexity index is 950. The Hall–Kier alpha value is -2.32. The van der Waals surface area contributed by atoms with E-state index in [1.807, 2.05) is 13.0 Å². The number of aliphatic hydroxyl groups excluding tert-OH is 1. The summed E-state index contributed by atoms with van der Waals surface area (Å²) < 4.78 is 4.94. The predicted octanol–water partition coefficient (Wildman–Crippen LogP) is 0.639. The molecule has 0 aromatic rings. The molecule has 2 N–H and O–H groups in total. The average Bonchev–Trinajstić information content (AvgIpc) is 3.02. The van der Waals surface area contributed by atoms with Crippen molar-refractivity contribution in [3.05, 3.63) is 23.8 Å². The minimum Gasteiger partial charge on any atom is -0.550 e. The summed E-state index contributed by atoms with van der Waals surface area (Å²) in [4.78, 5) is 47.2. The first-order valence-electron chi connectivity index (χ1n) is 11.7. The highest BCUT2D eigenvalue weighted by Crippen LogP contribution is 2.67. The first kappa shape index (κ1) is 23.8. The SMILES string of the molecule is C[C@]12C=CC(=O)C=C1CC[C@@H]1[C@@H]2[C@@H](O)C[C@@]2(C)[C@@H]1CC[C@]2(O)C(=O)COC(=O)CCC(=O)[O-]. The van der Waals surface area contributed by atoms with Crippen LogP contribution in [0.1, 0.15) is 58.8 Å². The summed E-state index contributed by atoms with van der Waals surface area (Å²) in [5, 5.41) is 33.4. The Labute approximate surface area is 192 Å². The minimum absolute atomic E-state index is 0.00182. The summed E-state index contributed by atoms with van der Waals surface area (Å²) >= 11 is 0. The van der Waals surface area contributed by atoms with Gasteiger partial charge in [0.05, 0.1) is 12.5 Å². The van der Waals surface area contributed by atoms with E-state index < -0.39 is 59.7 Å². The van der Waals surface area contributed by atoms with Gasteiger partial charge in [-0.1, -0.05) is 25.5 Å². The van der Waals surface area contributed by atoms with Gasteiger partial charge in [0.25, 0.3) is 0 Å². The molecule has 0 amide bonds. The van der Waals surface area contributed by atoms with E-state index in [1.54, 1.807) is 12.2 Å². The third kappa shape index (κ3) is 3.67. The van der Waals surface area contributed by atoms with Crippen molar-refractivity contribution in [2.24, 2.45) is 28.6 Å². The molecule has 0 unspecified atom stereocenters. The van der Waals surface area contributed by atoms with Crippen LogP contribution in [0, 0.1) is 28.6 Å². The number of carbonyl (C=O) groups excluding carboxylic acids is 4. The van der Waals surface area contributed by atoms with Gasteiger partial charge in [0, 0.05) is 22.7 Å². The number of aliphatic hydroxyl groups is 2. The number of Topliss-reactive ketones (excluding diaryl/α,β-unsaturated/α-hetero) is 1. The molecule has 4 aliphatic rings. The van der Waals surface area contributed by atoms with Crippen molar-refractivity contribution < 1.29 is 39.2 Å². The van der Waals surface area contributed by atoms with Gasteiger partial charge in [-0.05, 0) is 62.5 Å². The summed E-state index contributed by atoms with van der Waals surface area (Å²) in [6.45, 7) is 3.26. The van der Waals surface area contributed by atoms with E-state index in [1.165, 1.54) is 0 Å². The van der Waals surface area contributed by atoms with Crippen molar-refractivity contribution in [1.82, 2.24) is 0 Å². The zero-order valence-electron chi connectivity index (χ0n) is 19.0. The van der Waals surface area contributed by atoms with E-state index in [0.29, 0.717) is 6.42 Å². The Morgan fingerprint density at radius 2 is 1.94 bits per heavy atom. The highest BCUT2D eigenvalue weighted by Gasteiger charge is 2.68. The summed E-state index contributed by atoms with van der Waals surface area (Å²) in [6, 6.07) is 0. The molecule has 3 fully saturated rings. The number of hydrogen-bond donors (Lipinski definition) is 2. The Morgan fingerprint density at radius 1 is 1.21 bits per heavy atom. The van der Waals surface area contributed by atoms with Crippen LogP contribution in [0.25, 0.3) is 0 Å². The molecular formula is C25H31O8-. The lowest BCUT2D eigenvalue weighted by molar-refractivity contribution is -0.305. The van der Waals surface area contributed by atoms with Gasteiger partial charge >= 0.3 is 5.97 Å². The first-order chi connectivity index (χ1) is 15.4. The van der Waals surface area contributed by atoms with Gasteiger partial charge in [-0.3, -0.25) is 14.4 Å². The Morgan fingerprint density at radius 3 is 2.64 bits per heavy atom. The zero-order valence-corrected chi connectivity index (χ0v) is 19.0. The molecule has 4 aliphatic carbocycles. The molecule has 0 aliphatic heterocycles. The number of carboxylic acid groups (broad SMARTS) is 1. The van der Waals surface area contributed by atoms with Crippen LogP contribution in [0.15, 0.2) is 23.8 Å².